The maximum absolute atomic E-state index is 13.4. The van der Waals surface area contributed by atoms with Crippen LogP contribution in [0.25, 0.3) is 0 Å². The number of nitrogens with one attached hydrogen (secondary N) is 1. The van der Waals surface area contributed by atoms with Crippen molar-refractivity contribution in [1.29, 1.82) is 0 Å². The summed E-state index contributed by atoms with van der Waals surface area (Å²) in [5.41, 5.74) is 2.29. The van der Waals surface area contributed by atoms with E-state index in [-0.39, 0.29) is 18.3 Å². The predicted octanol–water partition coefficient (Wildman–Crippen LogP) is 4.81. The average Bonchev–Trinajstić information content (AvgIpc) is 2.67. The summed E-state index contributed by atoms with van der Waals surface area (Å²) in [7, 11) is 0. The fraction of sp³-hybridized carbons (Fsp3) is 0.455. The summed E-state index contributed by atoms with van der Waals surface area (Å²) in [6.45, 7) is 8.63. The molecular weight excluding hydrogens is 373 g/mol. The van der Waals surface area contributed by atoms with Crippen LogP contribution in [0.3, 0.4) is 0 Å². The maximum atomic E-state index is 13.4. The van der Waals surface area contributed by atoms with E-state index in [0.717, 1.165) is 46.7 Å². The normalized spacial score (nSPS) is 14.9. The van der Waals surface area contributed by atoms with Crippen LogP contribution in [-0.4, -0.2) is 29.7 Å². The summed E-state index contributed by atoms with van der Waals surface area (Å²) in [4.78, 5) is 20.0. The molecule has 150 valence electrons. The highest BCUT2D eigenvalue weighted by atomic mass is 32.2. The number of halogens is 1. The first-order chi connectivity index (χ1) is 13.5. The molecule has 0 bridgehead atoms. The lowest BCUT2D eigenvalue weighted by atomic mass is 9.99. The molecule has 1 aliphatic heterocycles. The van der Waals surface area contributed by atoms with E-state index in [1.807, 2.05) is 13.0 Å². The summed E-state index contributed by atoms with van der Waals surface area (Å²) in [5, 5.41) is 3.69. The third-order valence-corrected chi connectivity index (χ3v) is 5.99. The van der Waals surface area contributed by atoms with Crippen molar-refractivity contribution in [3.05, 3.63) is 52.8 Å². The molecule has 4 nitrogen and oxygen atoms in total. The van der Waals surface area contributed by atoms with Gasteiger partial charge >= 0.3 is 0 Å². The number of aryl methyl sites for hydroxylation is 1. The van der Waals surface area contributed by atoms with Crippen molar-refractivity contribution >= 4 is 23.5 Å². The number of hydrogen-bond donors (Lipinski definition) is 1. The zero-order valence-corrected chi connectivity index (χ0v) is 17.6. The number of hydrogen-bond acceptors (Lipinski definition) is 4. The second-order valence-corrected chi connectivity index (χ2v) is 8.65. The molecule has 1 amide bonds. The summed E-state index contributed by atoms with van der Waals surface area (Å²) in [6.07, 6.45) is 2.35. The van der Waals surface area contributed by atoms with Gasteiger partial charge in [0.2, 0.25) is 0 Å². The van der Waals surface area contributed by atoms with Crippen LogP contribution in [0.2, 0.25) is 0 Å². The monoisotopic (exact) mass is 401 g/mol. The number of pyridine rings is 1. The third kappa shape index (κ3) is 5.04. The van der Waals surface area contributed by atoms with Crippen molar-refractivity contribution in [2.24, 2.45) is 5.92 Å². The van der Waals surface area contributed by atoms with Crippen molar-refractivity contribution in [3.8, 4) is 0 Å². The van der Waals surface area contributed by atoms with Crippen molar-refractivity contribution in [2.45, 2.75) is 45.2 Å². The molecule has 0 atom stereocenters. The van der Waals surface area contributed by atoms with Crippen LogP contribution in [0.1, 0.15) is 48.2 Å². The number of thioether (sulfide) groups is 1. The van der Waals surface area contributed by atoms with E-state index in [2.05, 4.69) is 24.1 Å². The number of rotatable bonds is 6. The van der Waals surface area contributed by atoms with E-state index in [1.54, 1.807) is 23.9 Å². The Morgan fingerprint density at radius 1 is 1.32 bits per heavy atom. The van der Waals surface area contributed by atoms with Gasteiger partial charge in [0.05, 0.1) is 5.56 Å². The van der Waals surface area contributed by atoms with E-state index >= 15 is 0 Å². The van der Waals surface area contributed by atoms with Gasteiger partial charge in [-0.15, -0.1) is 11.8 Å². The van der Waals surface area contributed by atoms with Crippen LogP contribution >= 0.6 is 11.8 Å². The van der Waals surface area contributed by atoms with Gasteiger partial charge in [0.1, 0.15) is 16.7 Å². The van der Waals surface area contributed by atoms with Gasteiger partial charge in [0.15, 0.2) is 0 Å². The topological polar surface area (TPSA) is 45.2 Å². The van der Waals surface area contributed by atoms with Crippen LogP contribution in [-0.2, 0) is 6.54 Å². The average molecular weight is 402 g/mol. The van der Waals surface area contributed by atoms with Crippen molar-refractivity contribution < 1.29 is 9.18 Å². The second-order valence-electron chi connectivity index (χ2n) is 7.39. The van der Waals surface area contributed by atoms with E-state index in [9.17, 15) is 9.18 Å². The van der Waals surface area contributed by atoms with Gasteiger partial charge in [-0.3, -0.25) is 4.79 Å². The van der Waals surface area contributed by atoms with E-state index in [1.165, 1.54) is 25.0 Å². The van der Waals surface area contributed by atoms with Crippen molar-refractivity contribution in [1.82, 2.24) is 10.3 Å². The van der Waals surface area contributed by atoms with Crippen LogP contribution in [0.4, 0.5) is 10.2 Å². The molecule has 3 rings (SSSR count). The molecule has 6 heteroatoms. The molecule has 1 saturated heterocycles. The predicted molar refractivity (Wildman–Crippen MR) is 114 cm³/mol. The molecule has 1 N–H and O–H groups in total. The molecule has 0 spiro atoms. The van der Waals surface area contributed by atoms with Crippen molar-refractivity contribution in [2.75, 3.05) is 23.7 Å². The zero-order valence-electron chi connectivity index (χ0n) is 16.8. The highest BCUT2D eigenvalue weighted by Gasteiger charge is 2.22. The van der Waals surface area contributed by atoms with Crippen LogP contribution < -0.4 is 10.2 Å². The smallest absolute Gasteiger partial charge is 0.254 e. The first-order valence-corrected chi connectivity index (χ1v) is 10.9. The molecule has 0 aliphatic carbocycles. The Labute approximate surface area is 170 Å². The molecule has 0 saturated carbocycles. The van der Waals surface area contributed by atoms with E-state index < -0.39 is 0 Å². The van der Waals surface area contributed by atoms with Gasteiger partial charge in [0.25, 0.3) is 5.91 Å². The van der Waals surface area contributed by atoms with Gasteiger partial charge in [0, 0.05) is 19.6 Å². The van der Waals surface area contributed by atoms with Crippen molar-refractivity contribution in [3.63, 3.8) is 0 Å². The number of amides is 1. The quantitative estimate of drug-likeness (QED) is 0.706. The van der Waals surface area contributed by atoms with Gasteiger partial charge < -0.3 is 10.2 Å². The number of aromatic nitrogens is 1. The highest BCUT2D eigenvalue weighted by molar-refractivity contribution is 7.99. The lowest BCUT2D eigenvalue weighted by molar-refractivity contribution is 0.0946. The number of nitrogens with zero attached hydrogens (tertiary/aromatic N) is 2. The van der Waals surface area contributed by atoms with Gasteiger partial charge in [-0.1, -0.05) is 26.0 Å². The molecule has 2 aromatic rings. The summed E-state index contributed by atoms with van der Waals surface area (Å²) in [5.74, 6) is 2.10. The van der Waals surface area contributed by atoms with Gasteiger partial charge in [-0.25, -0.2) is 9.37 Å². The Morgan fingerprint density at radius 2 is 2.07 bits per heavy atom. The molecule has 0 unspecified atom stereocenters. The number of carbonyl (C=O) groups excluding carboxylic acids is 1. The minimum absolute atomic E-state index is 0.163. The Morgan fingerprint density at radius 3 is 2.75 bits per heavy atom. The van der Waals surface area contributed by atoms with Crippen LogP contribution in [0.5, 0.6) is 0 Å². The first kappa shape index (κ1) is 20.6. The number of benzene rings is 1. The Bertz CT molecular complexity index is 835. The number of piperidine rings is 1. The number of carbonyl (C=O) groups is 1. The third-order valence-electron chi connectivity index (χ3n) is 5.13. The molecular formula is C22H28FN3OS. The molecule has 2 heterocycles. The second kappa shape index (κ2) is 9.41. The summed E-state index contributed by atoms with van der Waals surface area (Å²) < 4.78 is 13.4. The summed E-state index contributed by atoms with van der Waals surface area (Å²) in [6, 6.07) is 8.31. The minimum Gasteiger partial charge on any atom is -0.357 e. The molecule has 1 aliphatic rings. The van der Waals surface area contributed by atoms with Gasteiger partial charge in [-0.2, -0.15) is 0 Å². The van der Waals surface area contributed by atoms with Gasteiger partial charge in [-0.05, 0) is 60.8 Å². The number of anilines is 1. The van der Waals surface area contributed by atoms with Crippen LogP contribution in [0.15, 0.2) is 35.4 Å². The first-order valence-electron chi connectivity index (χ1n) is 9.90. The Balaban J connectivity index is 1.79. The minimum atomic E-state index is -0.299. The lowest BCUT2D eigenvalue weighted by Gasteiger charge is -2.32. The Kier molecular flexibility index (Phi) is 6.94. The molecule has 1 fully saturated rings. The zero-order chi connectivity index (χ0) is 20.1. The summed E-state index contributed by atoms with van der Waals surface area (Å²) >= 11 is 1.59. The largest absolute Gasteiger partial charge is 0.357 e. The Hall–Kier alpha value is -2.08. The standard InChI is InChI=1S/C22H28FN3OS/c1-4-28-22-20(21(27)24-14-17-6-5-7-18(23)13-17)16(3)12-19(25-22)26-10-8-15(2)9-11-26/h5-7,12-13,15H,4,8-11,14H2,1-3H3,(H,24,27). The fourth-order valence-corrected chi connectivity index (χ4v) is 4.29. The van der Waals surface area contributed by atoms with E-state index in [0.29, 0.717) is 5.56 Å². The maximum Gasteiger partial charge on any atom is 0.254 e. The molecule has 28 heavy (non-hydrogen) atoms. The molecule has 0 radical (unpaired) electrons. The highest BCUT2D eigenvalue weighted by Crippen LogP contribution is 2.29. The lowest BCUT2D eigenvalue weighted by Crippen LogP contribution is -2.34. The molecule has 1 aromatic heterocycles. The van der Waals surface area contributed by atoms with E-state index in [4.69, 9.17) is 4.98 Å². The fourth-order valence-electron chi connectivity index (χ4n) is 3.46. The van der Waals surface area contributed by atoms with Crippen LogP contribution in [0, 0.1) is 18.7 Å². The SMILES string of the molecule is CCSc1nc(N2CCC(C)CC2)cc(C)c1C(=O)NCc1cccc(F)c1. The molecule has 1 aromatic carbocycles.